The topological polar surface area (TPSA) is 12.9 Å². The van der Waals surface area contributed by atoms with Gasteiger partial charge in [0.2, 0.25) is 0 Å². The minimum absolute atomic E-state index is 0.995. The molecular formula is C21H14BrN. The van der Waals surface area contributed by atoms with Crippen molar-refractivity contribution in [1.29, 1.82) is 0 Å². The Bertz CT molecular complexity index is 963. The zero-order chi connectivity index (χ0) is 15.6. The highest BCUT2D eigenvalue weighted by atomic mass is 79.9. The van der Waals surface area contributed by atoms with Crippen LogP contribution in [0.25, 0.3) is 33.3 Å². The number of aromatic nitrogens is 1. The number of fused-ring (bicyclic) bond motifs is 1. The van der Waals surface area contributed by atoms with Crippen LogP contribution in [-0.2, 0) is 0 Å². The molecule has 0 aliphatic heterocycles. The minimum atomic E-state index is 0.995. The number of halogens is 1. The van der Waals surface area contributed by atoms with Crippen LogP contribution < -0.4 is 0 Å². The van der Waals surface area contributed by atoms with Crippen LogP contribution in [0.4, 0.5) is 0 Å². The molecule has 0 radical (unpaired) electrons. The highest BCUT2D eigenvalue weighted by molar-refractivity contribution is 9.10. The maximum atomic E-state index is 4.86. The number of hydrogen-bond acceptors (Lipinski definition) is 1. The molecule has 1 aromatic heterocycles. The van der Waals surface area contributed by atoms with Crippen LogP contribution in [0.15, 0.2) is 89.4 Å². The lowest BCUT2D eigenvalue weighted by Crippen LogP contribution is -1.90. The van der Waals surface area contributed by atoms with Crippen LogP contribution in [0.5, 0.6) is 0 Å². The molecule has 4 aromatic rings. The van der Waals surface area contributed by atoms with E-state index in [0.29, 0.717) is 0 Å². The summed E-state index contributed by atoms with van der Waals surface area (Å²) in [6.07, 6.45) is 0. The summed E-state index contributed by atoms with van der Waals surface area (Å²) < 4.78 is 1.04. The van der Waals surface area contributed by atoms with E-state index in [4.69, 9.17) is 4.98 Å². The lowest BCUT2D eigenvalue weighted by atomic mass is 9.98. The highest BCUT2D eigenvalue weighted by Crippen LogP contribution is 2.33. The van der Waals surface area contributed by atoms with Gasteiger partial charge in [-0.2, -0.15) is 0 Å². The third kappa shape index (κ3) is 2.78. The first-order valence-corrected chi connectivity index (χ1v) is 8.32. The van der Waals surface area contributed by atoms with Crippen LogP contribution in [0.1, 0.15) is 0 Å². The minimum Gasteiger partial charge on any atom is -0.248 e. The maximum absolute atomic E-state index is 4.86. The molecule has 0 saturated heterocycles. The molecule has 0 bridgehead atoms. The van der Waals surface area contributed by atoms with Crippen LogP contribution in [0, 0.1) is 0 Å². The van der Waals surface area contributed by atoms with Gasteiger partial charge >= 0.3 is 0 Å². The Morgan fingerprint density at radius 2 is 1.30 bits per heavy atom. The second-order valence-corrected chi connectivity index (χ2v) is 6.36. The van der Waals surface area contributed by atoms with E-state index in [-0.39, 0.29) is 0 Å². The maximum Gasteiger partial charge on any atom is 0.0727 e. The molecule has 4 rings (SSSR count). The van der Waals surface area contributed by atoms with Crippen molar-refractivity contribution < 1.29 is 0 Å². The summed E-state index contributed by atoms with van der Waals surface area (Å²) in [6, 6.07) is 29.2. The standard InChI is InChI=1S/C21H14BrN/c22-17-11-12-18-19(15-7-3-1-4-8-15)14-20(23-21(18)13-17)16-9-5-2-6-10-16/h1-14H. The van der Waals surface area contributed by atoms with Crippen LogP contribution in [0.2, 0.25) is 0 Å². The zero-order valence-electron chi connectivity index (χ0n) is 12.4. The van der Waals surface area contributed by atoms with Gasteiger partial charge in [0.05, 0.1) is 11.2 Å². The molecule has 23 heavy (non-hydrogen) atoms. The molecule has 0 unspecified atom stereocenters. The first-order chi connectivity index (χ1) is 11.3. The Labute approximate surface area is 143 Å². The smallest absolute Gasteiger partial charge is 0.0727 e. The quantitative estimate of drug-likeness (QED) is 0.407. The summed E-state index contributed by atoms with van der Waals surface area (Å²) in [7, 11) is 0. The van der Waals surface area contributed by atoms with Crippen molar-refractivity contribution in [3.63, 3.8) is 0 Å². The second kappa shape index (κ2) is 5.98. The van der Waals surface area contributed by atoms with Gasteiger partial charge < -0.3 is 0 Å². The van der Waals surface area contributed by atoms with Crippen LogP contribution in [0.3, 0.4) is 0 Å². The average Bonchev–Trinajstić information content (AvgIpc) is 2.62. The number of benzene rings is 3. The molecule has 110 valence electrons. The van der Waals surface area contributed by atoms with Gasteiger partial charge in [-0.3, -0.25) is 0 Å². The van der Waals surface area contributed by atoms with Gasteiger partial charge in [-0.1, -0.05) is 82.7 Å². The van der Waals surface area contributed by atoms with E-state index in [1.165, 1.54) is 16.5 Å². The number of pyridine rings is 1. The lowest BCUT2D eigenvalue weighted by molar-refractivity contribution is 1.39. The average molecular weight is 360 g/mol. The zero-order valence-corrected chi connectivity index (χ0v) is 14.0. The first-order valence-electron chi connectivity index (χ1n) is 7.52. The second-order valence-electron chi connectivity index (χ2n) is 5.45. The molecule has 0 aliphatic rings. The van der Waals surface area contributed by atoms with Gasteiger partial charge in [0.15, 0.2) is 0 Å². The Balaban J connectivity index is 2.03. The van der Waals surface area contributed by atoms with E-state index in [9.17, 15) is 0 Å². The van der Waals surface area contributed by atoms with E-state index in [1.54, 1.807) is 0 Å². The Hall–Kier alpha value is -2.45. The van der Waals surface area contributed by atoms with E-state index >= 15 is 0 Å². The molecule has 3 aromatic carbocycles. The normalized spacial score (nSPS) is 10.8. The van der Waals surface area contributed by atoms with E-state index in [0.717, 1.165) is 21.2 Å². The summed E-state index contributed by atoms with van der Waals surface area (Å²) in [5, 5.41) is 1.17. The fourth-order valence-corrected chi connectivity index (χ4v) is 3.16. The van der Waals surface area contributed by atoms with Gasteiger partial charge in [0, 0.05) is 15.4 Å². The molecule has 1 nitrogen and oxygen atoms in total. The molecule has 2 heteroatoms. The fraction of sp³-hybridized carbons (Fsp3) is 0. The van der Waals surface area contributed by atoms with E-state index in [2.05, 4.69) is 76.6 Å². The highest BCUT2D eigenvalue weighted by Gasteiger charge is 2.09. The lowest BCUT2D eigenvalue weighted by Gasteiger charge is -2.11. The van der Waals surface area contributed by atoms with Gasteiger partial charge in [-0.05, 0) is 29.3 Å². The molecule has 0 aliphatic carbocycles. The Morgan fingerprint density at radius 1 is 0.652 bits per heavy atom. The van der Waals surface area contributed by atoms with E-state index < -0.39 is 0 Å². The van der Waals surface area contributed by atoms with Gasteiger partial charge in [-0.15, -0.1) is 0 Å². The molecule has 0 atom stereocenters. The number of hydrogen-bond donors (Lipinski definition) is 0. The SMILES string of the molecule is Brc1ccc2c(-c3ccccc3)cc(-c3ccccc3)nc2c1. The predicted molar refractivity (Wildman–Crippen MR) is 100 cm³/mol. The van der Waals surface area contributed by atoms with Gasteiger partial charge in [0.25, 0.3) is 0 Å². The summed E-state index contributed by atoms with van der Waals surface area (Å²) in [4.78, 5) is 4.86. The van der Waals surface area contributed by atoms with Crippen molar-refractivity contribution >= 4 is 26.8 Å². The Kier molecular flexibility index (Phi) is 3.68. The van der Waals surface area contributed by atoms with Crippen molar-refractivity contribution in [2.75, 3.05) is 0 Å². The third-order valence-corrected chi connectivity index (χ3v) is 4.42. The molecular weight excluding hydrogens is 346 g/mol. The van der Waals surface area contributed by atoms with E-state index in [1.807, 2.05) is 24.3 Å². The molecule has 1 heterocycles. The summed E-state index contributed by atoms with van der Waals surface area (Å²) >= 11 is 3.55. The molecule has 0 N–H and O–H groups in total. The fourth-order valence-electron chi connectivity index (χ4n) is 2.81. The Morgan fingerprint density at radius 3 is 2.00 bits per heavy atom. The van der Waals surface area contributed by atoms with Gasteiger partial charge in [-0.25, -0.2) is 4.98 Å². The van der Waals surface area contributed by atoms with Crippen molar-refractivity contribution in [1.82, 2.24) is 4.98 Å². The van der Waals surface area contributed by atoms with Gasteiger partial charge in [0.1, 0.15) is 0 Å². The molecule has 0 amide bonds. The predicted octanol–water partition coefficient (Wildman–Crippen LogP) is 6.33. The van der Waals surface area contributed by atoms with Crippen molar-refractivity contribution in [3.05, 3.63) is 89.4 Å². The van der Waals surface area contributed by atoms with Crippen molar-refractivity contribution in [3.8, 4) is 22.4 Å². The monoisotopic (exact) mass is 359 g/mol. The largest absolute Gasteiger partial charge is 0.248 e. The van der Waals surface area contributed by atoms with Crippen LogP contribution in [-0.4, -0.2) is 4.98 Å². The third-order valence-electron chi connectivity index (χ3n) is 3.93. The van der Waals surface area contributed by atoms with Crippen molar-refractivity contribution in [2.24, 2.45) is 0 Å². The van der Waals surface area contributed by atoms with Crippen molar-refractivity contribution in [2.45, 2.75) is 0 Å². The first kappa shape index (κ1) is 14.2. The molecule has 0 saturated carbocycles. The summed E-state index contributed by atoms with van der Waals surface area (Å²) in [5.41, 5.74) is 5.54. The summed E-state index contributed by atoms with van der Waals surface area (Å²) in [5.74, 6) is 0. The number of nitrogens with zero attached hydrogens (tertiary/aromatic N) is 1. The number of rotatable bonds is 2. The van der Waals surface area contributed by atoms with Crippen LogP contribution >= 0.6 is 15.9 Å². The summed E-state index contributed by atoms with van der Waals surface area (Å²) in [6.45, 7) is 0. The molecule has 0 spiro atoms. The molecule has 0 fully saturated rings.